The Morgan fingerprint density at radius 1 is 0.633 bits per heavy atom. The Morgan fingerprint density at radius 3 is 1.53 bits per heavy atom. The Kier molecular flexibility index (Phi) is 6.36. The molecule has 3 heterocycles. The molecule has 3 aliphatic rings. The lowest BCUT2D eigenvalue weighted by molar-refractivity contribution is -0.138. The molecule has 3 aliphatic heterocycles. The molecular weight excluding hydrogens is 606 g/mol. The van der Waals surface area contributed by atoms with Crippen LogP contribution in [0.1, 0.15) is 60.5 Å². The van der Waals surface area contributed by atoms with Gasteiger partial charge in [0.05, 0.1) is 20.4 Å². The lowest BCUT2D eigenvalue weighted by Gasteiger charge is -2.31. The molecule has 5 rings (SSSR count). The third-order valence-electron chi connectivity index (χ3n) is 5.53. The van der Waals surface area contributed by atoms with Gasteiger partial charge in [0.25, 0.3) is 0 Å². The van der Waals surface area contributed by atoms with Crippen LogP contribution in [0.15, 0.2) is 60.0 Å². The number of ether oxygens (including phenoxy) is 4. The fraction of sp³-hybridized carbons (Fsp3) is 0.333. The molecule has 2 aromatic carbocycles. The minimum atomic E-state index is -0.354. The lowest BCUT2D eigenvalue weighted by Crippen LogP contribution is -2.19. The van der Waals surface area contributed by atoms with Crippen LogP contribution in [-0.4, -0.2) is 13.2 Å². The zero-order valence-corrected chi connectivity index (χ0v) is 20.7. The molecule has 1 fully saturated rings. The van der Waals surface area contributed by atoms with Crippen molar-refractivity contribution in [1.82, 2.24) is 0 Å². The van der Waals surface area contributed by atoms with Gasteiger partial charge in [0.2, 0.25) is 12.6 Å². The van der Waals surface area contributed by atoms with Crippen molar-refractivity contribution in [2.45, 2.75) is 38.3 Å². The molecule has 1 saturated heterocycles. The van der Waals surface area contributed by atoms with E-state index in [2.05, 4.69) is 81.6 Å². The minimum absolute atomic E-state index is 0.354. The van der Waals surface area contributed by atoms with Crippen LogP contribution < -0.4 is 0 Å². The van der Waals surface area contributed by atoms with Gasteiger partial charge in [-0.1, -0.05) is 48.5 Å². The second-order valence-corrected chi connectivity index (χ2v) is 9.65. The molecule has 156 valence electrons. The van der Waals surface area contributed by atoms with Gasteiger partial charge in [-0.25, -0.2) is 0 Å². The monoisotopic (exact) mass is 628 g/mol. The normalized spacial score (nSPS) is 24.2. The smallest absolute Gasteiger partial charge is 0.226 e. The van der Waals surface area contributed by atoms with Crippen LogP contribution in [0.5, 0.6) is 0 Å². The summed E-state index contributed by atoms with van der Waals surface area (Å²) in [4.78, 5) is 0. The van der Waals surface area contributed by atoms with E-state index in [0.717, 1.165) is 55.5 Å². The van der Waals surface area contributed by atoms with Crippen molar-refractivity contribution in [1.29, 1.82) is 0 Å². The summed E-state index contributed by atoms with van der Waals surface area (Å²) in [5.41, 5.74) is 4.63. The van der Waals surface area contributed by atoms with E-state index in [-0.39, 0.29) is 12.6 Å². The fourth-order valence-electron chi connectivity index (χ4n) is 4.03. The molecule has 0 aliphatic carbocycles. The molecule has 4 bridgehead atoms. The van der Waals surface area contributed by atoms with Crippen molar-refractivity contribution in [3.05, 3.63) is 82.3 Å². The number of hydrogen-bond donors (Lipinski definition) is 0. The van der Waals surface area contributed by atoms with E-state index in [1.165, 1.54) is 11.1 Å². The first-order valence-corrected chi connectivity index (χ1v) is 12.4. The molecule has 2 aromatic rings. The van der Waals surface area contributed by atoms with Crippen molar-refractivity contribution in [2.75, 3.05) is 13.2 Å². The van der Waals surface area contributed by atoms with Gasteiger partial charge in [-0.2, -0.15) is 0 Å². The third-order valence-corrected chi connectivity index (χ3v) is 7.89. The first-order chi connectivity index (χ1) is 14.7. The summed E-state index contributed by atoms with van der Waals surface area (Å²) in [5.74, 6) is 1.97. The van der Waals surface area contributed by atoms with Gasteiger partial charge >= 0.3 is 0 Å². The predicted octanol–water partition coefficient (Wildman–Crippen LogP) is 7.26. The highest BCUT2D eigenvalue weighted by molar-refractivity contribution is 14.1. The second kappa shape index (κ2) is 9.18. The van der Waals surface area contributed by atoms with E-state index in [4.69, 9.17) is 18.9 Å². The molecule has 0 saturated carbocycles. The van der Waals surface area contributed by atoms with E-state index in [0.29, 0.717) is 13.2 Å². The highest BCUT2D eigenvalue weighted by Crippen LogP contribution is 2.44. The Labute approximate surface area is 203 Å². The minimum Gasteiger partial charge on any atom is -0.464 e. The zero-order chi connectivity index (χ0) is 20.5. The van der Waals surface area contributed by atoms with Crippen molar-refractivity contribution < 1.29 is 18.9 Å². The molecule has 0 N–H and O–H groups in total. The van der Waals surface area contributed by atoms with Crippen molar-refractivity contribution >= 4 is 52.3 Å². The highest BCUT2D eigenvalue weighted by Gasteiger charge is 2.30. The van der Waals surface area contributed by atoms with Gasteiger partial charge < -0.3 is 18.9 Å². The first kappa shape index (κ1) is 20.8. The van der Waals surface area contributed by atoms with E-state index >= 15 is 0 Å². The molecule has 2 atom stereocenters. The van der Waals surface area contributed by atoms with E-state index in [1.54, 1.807) is 0 Å². The number of rotatable bonds is 0. The Balaban J connectivity index is 1.43. The fourth-order valence-corrected chi connectivity index (χ4v) is 5.80. The van der Waals surface area contributed by atoms with Crippen molar-refractivity contribution in [3.8, 4) is 0 Å². The molecule has 30 heavy (non-hydrogen) atoms. The zero-order valence-electron chi connectivity index (χ0n) is 16.4. The van der Waals surface area contributed by atoms with Crippen LogP contribution in [0.3, 0.4) is 0 Å². The van der Waals surface area contributed by atoms with Crippen LogP contribution in [0.4, 0.5) is 0 Å². The van der Waals surface area contributed by atoms with E-state index in [9.17, 15) is 0 Å². The Bertz CT molecular complexity index is 932. The topological polar surface area (TPSA) is 36.9 Å². The molecule has 4 nitrogen and oxygen atoms in total. The summed E-state index contributed by atoms with van der Waals surface area (Å²) < 4.78 is 27.3. The summed E-state index contributed by atoms with van der Waals surface area (Å²) in [6.45, 7) is 1.21. The summed E-state index contributed by atoms with van der Waals surface area (Å²) in [6.07, 6.45) is 2.62. The number of halogens is 2. The Morgan fingerprint density at radius 2 is 1.07 bits per heavy atom. The summed E-state index contributed by atoms with van der Waals surface area (Å²) >= 11 is 4.78. The Hall–Kier alpha value is -1.10. The maximum Gasteiger partial charge on any atom is 0.226 e. The van der Waals surface area contributed by atoms with Crippen LogP contribution >= 0.6 is 45.2 Å². The van der Waals surface area contributed by atoms with Crippen LogP contribution in [0, 0.1) is 0 Å². The number of allylic oxidation sites excluding steroid dienone is 2. The third kappa shape index (κ3) is 4.03. The van der Waals surface area contributed by atoms with E-state index < -0.39 is 0 Å². The van der Waals surface area contributed by atoms with Crippen LogP contribution in [0.25, 0.3) is 7.16 Å². The molecule has 0 unspecified atom stereocenters. The van der Waals surface area contributed by atoms with Gasteiger partial charge in [-0.15, -0.1) is 0 Å². The van der Waals surface area contributed by atoms with Crippen LogP contribution in [-0.2, 0) is 18.9 Å². The summed E-state index contributed by atoms with van der Waals surface area (Å²) in [5, 5.41) is 0. The molecule has 0 amide bonds. The van der Waals surface area contributed by atoms with Gasteiger partial charge in [-0.3, -0.25) is 0 Å². The molecule has 0 aromatic heterocycles. The summed E-state index contributed by atoms with van der Waals surface area (Å²) in [7, 11) is 0. The van der Waals surface area contributed by atoms with Gasteiger partial charge in [0.15, 0.2) is 0 Å². The lowest BCUT2D eigenvalue weighted by atomic mass is 10.0. The first-order valence-electron chi connectivity index (χ1n) is 10.2. The highest BCUT2D eigenvalue weighted by atomic mass is 127. The molecule has 0 spiro atoms. The van der Waals surface area contributed by atoms with Gasteiger partial charge in [0.1, 0.15) is 11.5 Å². The number of fused-ring (bicyclic) bond motifs is 8. The average Bonchev–Trinajstić information content (AvgIpc) is 2.78. The van der Waals surface area contributed by atoms with Crippen molar-refractivity contribution in [2.24, 2.45) is 0 Å². The van der Waals surface area contributed by atoms with Crippen LogP contribution in [0.2, 0.25) is 0 Å². The summed E-state index contributed by atoms with van der Waals surface area (Å²) in [6, 6.07) is 16.7. The predicted molar refractivity (Wildman–Crippen MR) is 133 cm³/mol. The number of hydrogen-bond acceptors (Lipinski definition) is 4. The SMILES string of the molecule is IC1=C2CCCO[C@H]3OC(=C(I)c4ccccc43)CCCO[C@H](O2)c2ccccc21. The van der Waals surface area contributed by atoms with Gasteiger partial charge in [0, 0.05) is 35.1 Å². The average molecular weight is 628 g/mol. The van der Waals surface area contributed by atoms with Crippen molar-refractivity contribution in [3.63, 3.8) is 0 Å². The van der Waals surface area contributed by atoms with Gasteiger partial charge in [-0.05, 0) is 58.0 Å². The molecule has 6 heteroatoms. The maximum atomic E-state index is 6.29. The molecular formula is C24H22I2O4. The number of benzene rings is 2. The second-order valence-electron chi connectivity index (χ2n) is 7.50. The largest absolute Gasteiger partial charge is 0.464 e. The van der Waals surface area contributed by atoms with E-state index in [1.807, 2.05) is 12.1 Å². The molecule has 0 radical (unpaired) electrons. The quantitative estimate of drug-likeness (QED) is 0.288. The standard InChI is InChI=1S/C24H22I2O4/c25-21-15-7-1-3-9-17(15)23-27-13-6-12-20-22(26)16-8-2-4-10-18(16)24(30-20)28-14-5-11-19(21)29-23/h1-4,7-10,23-24H,5-6,11-14H2/t23-,24+. The maximum absolute atomic E-state index is 6.29.